The quantitative estimate of drug-likeness (QED) is 0.834. The van der Waals surface area contributed by atoms with E-state index in [4.69, 9.17) is 4.98 Å². The van der Waals surface area contributed by atoms with Crippen LogP contribution < -0.4 is 5.32 Å². The van der Waals surface area contributed by atoms with Crippen LogP contribution in [0.1, 0.15) is 36.6 Å². The summed E-state index contributed by atoms with van der Waals surface area (Å²) in [6.07, 6.45) is 10.3. The van der Waals surface area contributed by atoms with Gasteiger partial charge in [-0.15, -0.1) is 0 Å². The molecule has 2 aromatic rings. The molecular weight excluding hydrogens is 238 g/mol. The first-order valence-corrected chi connectivity index (χ1v) is 6.80. The van der Waals surface area contributed by atoms with E-state index < -0.39 is 0 Å². The fourth-order valence-corrected chi connectivity index (χ4v) is 2.70. The van der Waals surface area contributed by atoms with Gasteiger partial charge < -0.3 is 9.88 Å². The second-order valence-corrected chi connectivity index (χ2v) is 5.04. The maximum Gasteiger partial charge on any atom is 0.196 e. The largest absolute Gasteiger partial charge is 0.331 e. The number of aromatic nitrogens is 4. The predicted molar refractivity (Wildman–Crippen MR) is 73.6 cm³/mol. The lowest BCUT2D eigenvalue weighted by Crippen LogP contribution is -2.17. The highest BCUT2D eigenvalue weighted by Gasteiger charge is 2.20. The van der Waals surface area contributed by atoms with E-state index in [2.05, 4.69) is 15.3 Å². The molecule has 0 radical (unpaired) electrons. The lowest BCUT2D eigenvalue weighted by atomic mass is 10.1. The molecule has 1 aliphatic rings. The molecule has 1 aliphatic carbocycles. The Labute approximate surface area is 113 Å². The van der Waals surface area contributed by atoms with Gasteiger partial charge in [0.2, 0.25) is 0 Å². The Morgan fingerprint density at radius 3 is 2.95 bits per heavy atom. The molecule has 1 atom stereocenters. The van der Waals surface area contributed by atoms with Crippen molar-refractivity contribution in [3.05, 3.63) is 29.8 Å². The summed E-state index contributed by atoms with van der Waals surface area (Å²) in [5, 5.41) is 3.36. The monoisotopic (exact) mass is 257 g/mol. The van der Waals surface area contributed by atoms with Crippen LogP contribution >= 0.6 is 0 Å². The summed E-state index contributed by atoms with van der Waals surface area (Å²) in [5.41, 5.74) is 2.42. The zero-order valence-corrected chi connectivity index (χ0v) is 11.4. The first kappa shape index (κ1) is 12.3. The van der Waals surface area contributed by atoms with Crippen molar-refractivity contribution < 1.29 is 0 Å². The zero-order valence-electron chi connectivity index (χ0n) is 11.4. The molecule has 2 aromatic heterocycles. The van der Waals surface area contributed by atoms with Crippen molar-refractivity contribution in [3.8, 4) is 11.6 Å². The molecule has 0 aliphatic heterocycles. The van der Waals surface area contributed by atoms with Gasteiger partial charge in [-0.2, -0.15) is 0 Å². The topological polar surface area (TPSA) is 55.6 Å². The first-order chi connectivity index (χ1) is 9.29. The third-order valence-corrected chi connectivity index (χ3v) is 3.80. The van der Waals surface area contributed by atoms with Crippen molar-refractivity contribution >= 4 is 0 Å². The molecule has 100 valence electrons. The van der Waals surface area contributed by atoms with Crippen molar-refractivity contribution in [3.63, 3.8) is 0 Å². The van der Waals surface area contributed by atoms with Crippen molar-refractivity contribution in [1.29, 1.82) is 0 Å². The number of nitrogens with zero attached hydrogens (tertiary/aromatic N) is 4. The summed E-state index contributed by atoms with van der Waals surface area (Å²) >= 11 is 0. The van der Waals surface area contributed by atoms with Crippen LogP contribution in [0.5, 0.6) is 0 Å². The van der Waals surface area contributed by atoms with Crippen LogP contribution in [0.3, 0.4) is 0 Å². The minimum atomic E-state index is 0.382. The lowest BCUT2D eigenvalue weighted by molar-refractivity contribution is 0.532. The molecule has 0 aromatic carbocycles. The van der Waals surface area contributed by atoms with Crippen LogP contribution in [0.4, 0.5) is 0 Å². The van der Waals surface area contributed by atoms with Gasteiger partial charge in [-0.1, -0.05) is 6.42 Å². The van der Waals surface area contributed by atoms with Gasteiger partial charge in [-0.05, 0) is 26.3 Å². The van der Waals surface area contributed by atoms with Crippen LogP contribution in [-0.4, -0.2) is 26.6 Å². The summed E-state index contributed by atoms with van der Waals surface area (Å²) in [4.78, 5) is 13.6. The van der Waals surface area contributed by atoms with Crippen LogP contribution in [0, 0.1) is 0 Å². The highest BCUT2D eigenvalue weighted by Crippen LogP contribution is 2.27. The summed E-state index contributed by atoms with van der Waals surface area (Å²) in [6, 6.07) is 0.382. The molecule has 0 amide bonds. The Kier molecular flexibility index (Phi) is 3.29. The number of nitrogens with one attached hydrogen (secondary N) is 1. The number of aryl methyl sites for hydroxylation is 2. The van der Waals surface area contributed by atoms with E-state index in [9.17, 15) is 0 Å². The fraction of sp³-hybridized carbons (Fsp3) is 0.500. The molecule has 0 bridgehead atoms. The van der Waals surface area contributed by atoms with Gasteiger partial charge >= 0.3 is 0 Å². The summed E-state index contributed by atoms with van der Waals surface area (Å²) in [5.74, 6) is 1.55. The Morgan fingerprint density at radius 1 is 1.32 bits per heavy atom. The SMILES string of the molecule is CNC1CCCCc2nc(-c3nccn3C)ncc21. The normalized spacial score (nSPS) is 18.9. The first-order valence-electron chi connectivity index (χ1n) is 6.80. The van der Waals surface area contributed by atoms with E-state index in [-0.39, 0.29) is 0 Å². The molecule has 1 N–H and O–H groups in total. The summed E-state index contributed by atoms with van der Waals surface area (Å²) in [6.45, 7) is 0. The van der Waals surface area contributed by atoms with Crippen LogP contribution in [-0.2, 0) is 13.5 Å². The van der Waals surface area contributed by atoms with Gasteiger partial charge in [0.1, 0.15) is 0 Å². The molecule has 5 nitrogen and oxygen atoms in total. The molecule has 19 heavy (non-hydrogen) atoms. The Bertz CT molecular complexity index is 575. The number of imidazole rings is 1. The predicted octanol–water partition coefficient (Wildman–Crippen LogP) is 1.86. The van der Waals surface area contributed by atoms with Gasteiger partial charge in [0.05, 0.1) is 0 Å². The number of fused-ring (bicyclic) bond motifs is 1. The lowest BCUT2D eigenvalue weighted by Gasteiger charge is -2.16. The highest BCUT2D eigenvalue weighted by molar-refractivity contribution is 5.45. The third-order valence-electron chi connectivity index (χ3n) is 3.80. The van der Waals surface area contributed by atoms with E-state index in [1.165, 1.54) is 24.1 Å². The fourth-order valence-electron chi connectivity index (χ4n) is 2.70. The molecule has 5 heteroatoms. The van der Waals surface area contributed by atoms with Gasteiger partial charge in [0.25, 0.3) is 0 Å². The van der Waals surface area contributed by atoms with Crippen LogP contribution in [0.25, 0.3) is 11.6 Å². The van der Waals surface area contributed by atoms with Crippen molar-refractivity contribution in [2.75, 3.05) is 7.05 Å². The molecule has 2 heterocycles. The average Bonchev–Trinajstić information content (AvgIpc) is 2.74. The van der Waals surface area contributed by atoms with E-state index in [1.807, 2.05) is 31.1 Å². The summed E-state index contributed by atoms with van der Waals surface area (Å²) < 4.78 is 1.95. The maximum absolute atomic E-state index is 4.74. The standard InChI is InChI=1S/C14H19N5/c1-15-11-5-3-4-6-12-10(11)9-17-13(18-12)14-16-7-8-19(14)2/h7-9,11,15H,3-6H2,1-2H3. The van der Waals surface area contributed by atoms with E-state index in [0.717, 1.165) is 24.5 Å². The van der Waals surface area contributed by atoms with Crippen LogP contribution in [0.2, 0.25) is 0 Å². The second-order valence-electron chi connectivity index (χ2n) is 5.04. The van der Waals surface area contributed by atoms with Crippen molar-refractivity contribution in [2.24, 2.45) is 7.05 Å². The van der Waals surface area contributed by atoms with Gasteiger partial charge in [-0.3, -0.25) is 0 Å². The number of hydrogen-bond donors (Lipinski definition) is 1. The second kappa shape index (κ2) is 5.09. The number of rotatable bonds is 2. The highest BCUT2D eigenvalue weighted by atomic mass is 15.1. The van der Waals surface area contributed by atoms with Crippen molar-refractivity contribution in [2.45, 2.75) is 31.7 Å². The number of hydrogen-bond acceptors (Lipinski definition) is 4. The molecule has 0 saturated carbocycles. The molecule has 1 unspecified atom stereocenters. The van der Waals surface area contributed by atoms with E-state index >= 15 is 0 Å². The molecular formula is C14H19N5. The molecule has 0 spiro atoms. The average molecular weight is 257 g/mol. The van der Waals surface area contributed by atoms with E-state index in [1.54, 1.807) is 6.20 Å². The minimum absolute atomic E-state index is 0.382. The molecule has 3 rings (SSSR count). The summed E-state index contributed by atoms with van der Waals surface area (Å²) in [7, 11) is 3.97. The zero-order chi connectivity index (χ0) is 13.2. The van der Waals surface area contributed by atoms with E-state index in [0.29, 0.717) is 6.04 Å². The Hall–Kier alpha value is -1.75. The third kappa shape index (κ3) is 2.26. The Morgan fingerprint density at radius 2 is 2.21 bits per heavy atom. The maximum atomic E-state index is 4.74. The van der Waals surface area contributed by atoms with Gasteiger partial charge in [0, 0.05) is 42.9 Å². The smallest absolute Gasteiger partial charge is 0.196 e. The Balaban J connectivity index is 2.04. The van der Waals surface area contributed by atoms with Gasteiger partial charge in [0.15, 0.2) is 11.6 Å². The van der Waals surface area contributed by atoms with Crippen molar-refractivity contribution in [1.82, 2.24) is 24.8 Å². The van der Waals surface area contributed by atoms with Gasteiger partial charge in [-0.25, -0.2) is 15.0 Å². The molecule has 0 fully saturated rings. The molecule has 0 saturated heterocycles. The van der Waals surface area contributed by atoms with Crippen LogP contribution in [0.15, 0.2) is 18.6 Å². The minimum Gasteiger partial charge on any atom is -0.331 e.